The number of hydrogen-bond acceptors (Lipinski definition) is 6. The molecule has 3 aromatic rings. The molecule has 1 N–H and O–H groups in total. The van der Waals surface area contributed by atoms with Gasteiger partial charge in [-0.3, -0.25) is 24.0 Å². The highest BCUT2D eigenvalue weighted by molar-refractivity contribution is 6.31. The van der Waals surface area contributed by atoms with E-state index >= 15 is 0 Å². The van der Waals surface area contributed by atoms with E-state index < -0.39 is 23.3 Å². The van der Waals surface area contributed by atoms with E-state index in [2.05, 4.69) is 4.98 Å². The lowest BCUT2D eigenvalue weighted by molar-refractivity contribution is -0.148. The Morgan fingerprint density at radius 1 is 1.03 bits per heavy atom. The van der Waals surface area contributed by atoms with Gasteiger partial charge in [0.05, 0.1) is 18.0 Å². The Bertz CT molecular complexity index is 1330. The van der Waals surface area contributed by atoms with E-state index in [1.54, 1.807) is 47.4 Å². The van der Waals surface area contributed by atoms with Crippen LogP contribution in [-0.4, -0.2) is 64.5 Å². The summed E-state index contributed by atoms with van der Waals surface area (Å²) in [5, 5.41) is 0.881. The second kappa shape index (κ2) is 10.2. The summed E-state index contributed by atoms with van der Waals surface area (Å²) in [6.45, 7) is 1.95. The van der Waals surface area contributed by atoms with Crippen LogP contribution in [0.15, 0.2) is 58.1 Å². The predicted molar refractivity (Wildman–Crippen MR) is 128 cm³/mol. The van der Waals surface area contributed by atoms with Gasteiger partial charge in [0.15, 0.2) is 0 Å². The lowest BCUT2D eigenvalue weighted by Crippen LogP contribution is -2.51. The highest BCUT2D eigenvalue weighted by atomic mass is 35.5. The van der Waals surface area contributed by atoms with Gasteiger partial charge in [-0.2, -0.15) is 0 Å². The molecule has 0 saturated carbocycles. The molecule has 1 aliphatic heterocycles. The Kier molecular flexibility index (Phi) is 7.14. The Hall–Kier alpha value is -3.43. The summed E-state index contributed by atoms with van der Waals surface area (Å²) in [6.07, 6.45) is 0.112. The molecule has 1 aliphatic rings. The molecule has 1 atom stereocenters. The number of piperazine rings is 1. The van der Waals surface area contributed by atoms with Crippen LogP contribution >= 0.6 is 11.6 Å². The summed E-state index contributed by atoms with van der Waals surface area (Å²) in [5.41, 5.74) is 0.176. The minimum atomic E-state index is -0.651. The number of para-hydroxylation sites is 1. The first-order valence-corrected chi connectivity index (χ1v) is 11.3. The van der Waals surface area contributed by atoms with E-state index in [9.17, 15) is 19.2 Å². The van der Waals surface area contributed by atoms with Crippen molar-refractivity contribution in [3.8, 4) is 0 Å². The first-order chi connectivity index (χ1) is 16.4. The summed E-state index contributed by atoms with van der Waals surface area (Å²) in [5.74, 6) is -0.508. The zero-order valence-electron chi connectivity index (χ0n) is 18.7. The number of esters is 1. The number of methoxy groups -OCH3 is 1. The van der Waals surface area contributed by atoms with Crippen LogP contribution in [0.2, 0.25) is 5.02 Å². The Morgan fingerprint density at radius 3 is 2.41 bits per heavy atom. The number of aryl methyl sites for hydroxylation is 1. The van der Waals surface area contributed by atoms with Gasteiger partial charge >= 0.3 is 11.7 Å². The van der Waals surface area contributed by atoms with Crippen LogP contribution in [0.25, 0.3) is 10.9 Å². The number of nitrogens with one attached hydrogen (secondary N) is 1. The molecule has 0 spiro atoms. The molecule has 0 bridgehead atoms. The molecule has 178 valence electrons. The Labute approximate surface area is 200 Å². The van der Waals surface area contributed by atoms with Gasteiger partial charge in [-0.05, 0) is 23.8 Å². The van der Waals surface area contributed by atoms with Crippen molar-refractivity contribution in [3.05, 3.63) is 80.0 Å². The van der Waals surface area contributed by atoms with Gasteiger partial charge in [0.25, 0.3) is 5.56 Å². The summed E-state index contributed by atoms with van der Waals surface area (Å²) >= 11 is 6.33. The number of aromatic nitrogens is 2. The number of fused-ring (bicyclic) bond motifs is 1. The minimum Gasteiger partial charge on any atom is -0.468 e. The van der Waals surface area contributed by atoms with Gasteiger partial charge in [-0.1, -0.05) is 41.9 Å². The van der Waals surface area contributed by atoms with Crippen LogP contribution in [0.4, 0.5) is 0 Å². The smallest absolute Gasteiger partial charge is 0.328 e. The number of carbonyl (C=O) groups is 2. The van der Waals surface area contributed by atoms with Crippen LogP contribution in [-0.2, 0) is 20.9 Å². The molecule has 10 heteroatoms. The second-order valence-corrected chi connectivity index (χ2v) is 8.45. The van der Waals surface area contributed by atoms with Gasteiger partial charge < -0.3 is 9.64 Å². The maximum absolute atomic E-state index is 12.9. The monoisotopic (exact) mass is 484 g/mol. The number of amides is 1. The number of hydrogen-bond donors (Lipinski definition) is 1. The van der Waals surface area contributed by atoms with Gasteiger partial charge in [0, 0.05) is 44.2 Å². The molecule has 2 aromatic carbocycles. The van der Waals surface area contributed by atoms with Gasteiger partial charge in [-0.25, -0.2) is 9.59 Å². The van der Waals surface area contributed by atoms with E-state index in [4.69, 9.17) is 16.3 Å². The van der Waals surface area contributed by atoms with Crippen LogP contribution in [0, 0.1) is 0 Å². The normalized spacial score (nSPS) is 15.3. The second-order valence-electron chi connectivity index (χ2n) is 8.04. The standard InChI is InChI=1S/C24H25ClN4O5/c1-34-23(32)21(16-6-2-4-8-18(16)25)28-14-12-27(13-15-28)20(30)10-11-29-19-9-5-3-7-17(19)22(31)26-24(29)33/h2-9,21H,10-15H2,1H3,(H,26,31,33). The number of aromatic amines is 1. The number of benzene rings is 2. The van der Waals surface area contributed by atoms with Crippen molar-refractivity contribution in [2.24, 2.45) is 0 Å². The lowest BCUT2D eigenvalue weighted by atomic mass is 10.0. The number of ether oxygens (including phenoxy) is 1. The third kappa shape index (κ3) is 4.76. The largest absolute Gasteiger partial charge is 0.468 e. The van der Waals surface area contributed by atoms with E-state index in [0.29, 0.717) is 47.7 Å². The molecule has 0 aliphatic carbocycles. The van der Waals surface area contributed by atoms with Crippen LogP contribution in [0.3, 0.4) is 0 Å². The first kappa shape index (κ1) is 23.7. The average molecular weight is 485 g/mol. The molecule has 2 heterocycles. The van der Waals surface area contributed by atoms with E-state index in [1.165, 1.54) is 11.7 Å². The summed E-state index contributed by atoms with van der Waals surface area (Å²) in [6, 6.07) is 13.3. The van der Waals surface area contributed by atoms with E-state index in [0.717, 1.165) is 0 Å². The molecule has 1 amide bonds. The molecule has 1 saturated heterocycles. The van der Waals surface area contributed by atoms with Gasteiger partial charge in [0.1, 0.15) is 6.04 Å². The van der Waals surface area contributed by atoms with Crippen LogP contribution in [0.1, 0.15) is 18.0 Å². The highest BCUT2D eigenvalue weighted by Gasteiger charge is 2.33. The lowest BCUT2D eigenvalue weighted by Gasteiger charge is -2.38. The van der Waals surface area contributed by atoms with Crippen molar-refractivity contribution in [2.75, 3.05) is 33.3 Å². The molecule has 1 aromatic heterocycles. The third-order valence-electron chi connectivity index (χ3n) is 6.11. The van der Waals surface area contributed by atoms with Crippen molar-refractivity contribution in [1.29, 1.82) is 0 Å². The number of halogens is 1. The zero-order valence-corrected chi connectivity index (χ0v) is 19.5. The van der Waals surface area contributed by atoms with Crippen molar-refractivity contribution in [1.82, 2.24) is 19.4 Å². The fraction of sp³-hybridized carbons (Fsp3) is 0.333. The predicted octanol–water partition coefficient (Wildman–Crippen LogP) is 1.79. The third-order valence-corrected chi connectivity index (χ3v) is 6.45. The van der Waals surface area contributed by atoms with Crippen molar-refractivity contribution >= 4 is 34.4 Å². The molecule has 9 nitrogen and oxygen atoms in total. The fourth-order valence-corrected chi connectivity index (χ4v) is 4.58. The minimum absolute atomic E-state index is 0.103. The van der Waals surface area contributed by atoms with Crippen molar-refractivity contribution in [3.63, 3.8) is 0 Å². The molecule has 4 rings (SSSR count). The molecular weight excluding hydrogens is 460 g/mol. The van der Waals surface area contributed by atoms with E-state index in [1.807, 2.05) is 11.0 Å². The van der Waals surface area contributed by atoms with Crippen LogP contribution < -0.4 is 11.2 Å². The Morgan fingerprint density at radius 2 is 1.71 bits per heavy atom. The average Bonchev–Trinajstić information content (AvgIpc) is 2.85. The zero-order chi connectivity index (χ0) is 24.2. The number of nitrogens with zero attached hydrogens (tertiary/aromatic N) is 3. The summed E-state index contributed by atoms with van der Waals surface area (Å²) in [4.78, 5) is 55.8. The topological polar surface area (TPSA) is 105 Å². The van der Waals surface area contributed by atoms with E-state index in [-0.39, 0.29) is 18.9 Å². The first-order valence-electron chi connectivity index (χ1n) is 11.0. The molecule has 1 unspecified atom stereocenters. The maximum Gasteiger partial charge on any atom is 0.328 e. The fourth-order valence-electron chi connectivity index (χ4n) is 4.34. The maximum atomic E-state index is 12.9. The van der Waals surface area contributed by atoms with Gasteiger partial charge in [0.2, 0.25) is 5.91 Å². The number of H-pyrrole nitrogens is 1. The summed E-state index contributed by atoms with van der Waals surface area (Å²) in [7, 11) is 1.34. The van der Waals surface area contributed by atoms with Crippen molar-refractivity contribution < 1.29 is 14.3 Å². The Balaban J connectivity index is 1.43. The molecule has 34 heavy (non-hydrogen) atoms. The van der Waals surface area contributed by atoms with Crippen molar-refractivity contribution in [2.45, 2.75) is 19.0 Å². The molecular formula is C24H25ClN4O5. The molecule has 0 radical (unpaired) electrons. The number of carbonyl (C=O) groups excluding carboxylic acids is 2. The quantitative estimate of drug-likeness (QED) is 0.535. The van der Waals surface area contributed by atoms with Gasteiger partial charge in [-0.15, -0.1) is 0 Å². The van der Waals surface area contributed by atoms with Crippen LogP contribution in [0.5, 0.6) is 0 Å². The number of rotatable bonds is 6. The summed E-state index contributed by atoms with van der Waals surface area (Å²) < 4.78 is 6.43. The highest BCUT2D eigenvalue weighted by Crippen LogP contribution is 2.29. The SMILES string of the molecule is COC(=O)C(c1ccccc1Cl)N1CCN(C(=O)CCn2c(=O)[nH]c(=O)c3ccccc32)CC1. The molecule has 1 fully saturated rings.